The molecule has 4 aliphatic rings. The van der Waals surface area contributed by atoms with Crippen LogP contribution in [0.1, 0.15) is 56.7 Å². The fraction of sp³-hybridized carbons (Fsp3) is 0.548. The monoisotopic (exact) mass is 586 g/mol. The number of likely N-dealkylation sites (tertiary alicyclic amines) is 1. The molecule has 2 bridgehead atoms. The number of nitrogens with zero attached hydrogens (tertiary/aromatic N) is 2. The fourth-order valence-electron chi connectivity index (χ4n) is 8.05. The number of esters is 1. The Balaban J connectivity index is 1.43. The highest BCUT2D eigenvalue weighted by molar-refractivity contribution is 6.42. The number of aromatic hydroxyl groups is 1. The molecule has 9 heteroatoms. The van der Waals surface area contributed by atoms with Crippen molar-refractivity contribution >= 4 is 35.1 Å². The van der Waals surface area contributed by atoms with Gasteiger partial charge in [-0.2, -0.15) is 0 Å². The van der Waals surface area contributed by atoms with Crippen molar-refractivity contribution in [1.29, 1.82) is 0 Å². The van der Waals surface area contributed by atoms with Gasteiger partial charge in [0.1, 0.15) is 11.9 Å². The average Bonchev–Trinajstić information content (AvgIpc) is 3.23. The van der Waals surface area contributed by atoms with Gasteiger partial charge in [-0.15, -0.1) is 0 Å². The molecule has 1 N–H and O–H groups in total. The van der Waals surface area contributed by atoms with Crippen LogP contribution in [0.3, 0.4) is 0 Å². The first-order chi connectivity index (χ1) is 19.0. The van der Waals surface area contributed by atoms with E-state index in [2.05, 4.69) is 25.8 Å². The molecule has 5 atom stereocenters. The number of piperidine rings is 1. The Morgan fingerprint density at radius 1 is 1.23 bits per heavy atom. The molecule has 0 aromatic heterocycles. The zero-order valence-corrected chi connectivity index (χ0v) is 24.9. The summed E-state index contributed by atoms with van der Waals surface area (Å²) >= 11 is 12.4. The highest BCUT2D eigenvalue weighted by atomic mass is 35.5. The van der Waals surface area contributed by atoms with Gasteiger partial charge >= 0.3 is 5.97 Å². The molecule has 2 aliphatic heterocycles. The van der Waals surface area contributed by atoms with Gasteiger partial charge in [0.25, 0.3) is 0 Å². The van der Waals surface area contributed by atoms with Crippen molar-refractivity contribution in [2.24, 2.45) is 11.8 Å². The van der Waals surface area contributed by atoms with Gasteiger partial charge in [-0.3, -0.25) is 9.59 Å². The molecule has 2 heterocycles. The number of carbonyl (C=O) groups is 2. The summed E-state index contributed by atoms with van der Waals surface area (Å²) in [5.74, 6) is 1.11. The smallest absolute Gasteiger partial charge is 0.308 e. The van der Waals surface area contributed by atoms with Crippen LogP contribution in [0.25, 0.3) is 0 Å². The van der Waals surface area contributed by atoms with Crippen LogP contribution < -0.4 is 9.47 Å². The minimum absolute atomic E-state index is 0.0232. The first-order valence-electron chi connectivity index (χ1n) is 14.2. The van der Waals surface area contributed by atoms with Gasteiger partial charge in [0.2, 0.25) is 5.91 Å². The zero-order chi connectivity index (χ0) is 28.5. The predicted octanol–water partition coefficient (Wildman–Crippen LogP) is 5.39. The molecule has 2 aliphatic carbocycles. The summed E-state index contributed by atoms with van der Waals surface area (Å²) in [5, 5.41) is 12.1. The Labute approximate surface area is 245 Å². The molecule has 0 unspecified atom stereocenters. The number of halogens is 2. The van der Waals surface area contributed by atoms with Gasteiger partial charge in [-0.05, 0) is 68.8 Å². The lowest BCUT2D eigenvalue weighted by Crippen LogP contribution is -2.69. The molecule has 7 nitrogen and oxygen atoms in total. The van der Waals surface area contributed by atoms with Crippen molar-refractivity contribution in [2.75, 3.05) is 20.1 Å². The van der Waals surface area contributed by atoms with E-state index in [1.54, 1.807) is 12.1 Å². The molecular formula is C31H36Cl2N2O5. The van der Waals surface area contributed by atoms with Gasteiger partial charge in [0, 0.05) is 42.1 Å². The minimum atomic E-state index is -0.463. The summed E-state index contributed by atoms with van der Waals surface area (Å²) in [4.78, 5) is 30.5. The van der Waals surface area contributed by atoms with E-state index in [-0.39, 0.29) is 53.3 Å². The normalized spacial score (nSPS) is 28.2. The molecular weight excluding hydrogens is 551 g/mol. The zero-order valence-electron chi connectivity index (χ0n) is 23.4. The first kappa shape index (κ1) is 27.7. The van der Waals surface area contributed by atoms with Crippen molar-refractivity contribution in [3.8, 4) is 17.2 Å². The van der Waals surface area contributed by atoms with Crippen LogP contribution in [0.15, 0.2) is 24.3 Å². The quantitative estimate of drug-likeness (QED) is 0.361. The van der Waals surface area contributed by atoms with Crippen LogP contribution in [0, 0.1) is 11.8 Å². The SMILES string of the molecule is CC(=O)Oc1cc(O)c2c3c1O[C@H]1[C@H](N(CC(C)C)C(=O)Cc4ccc(Cl)c(Cl)c4)CC[C@H]4[C@@H](C2)N(C)CC[C@@]341. The van der Waals surface area contributed by atoms with Crippen molar-refractivity contribution in [3.05, 3.63) is 51.0 Å². The van der Waals surface area contributed by atoms with Crippen LogP contribution in [-0.4, -0.2) is 65.1 Å². The third-order valence-corrected chi connectivity index (χ3v) is 10.3. The number of ether oxygens (including phenoxy) is 2. The standard InChI is InChI=1S/C31H36Cl2N2O5/c1-16(2)15-35(27(38)12-18-5-7-21(32)22(33)11-18)23-8-6-20-24-13-19-25(37)14-26(39-17(3)36)29-28(19)31(20,30(23)40-29)9-10-34(24)4/h5,7,11,14,16,20,23-24,30,37H,6,8-10,12-13,15H2,1-4H3/t20-,23+,24+,30-,31-/m0/s1. The fourth-order valence-corrected chi connectivity index (χ4v) is 8.37. The van der Waals surface area contributed by atoms with E-state index in [0.29, 0.717) is 28.3 Å². The number of amides is 1. The lowest BCUT2D eigenvalue weighted by atomic mass is 9.51. The molecule has 2 fully saturated rings. The van der Waals surface area contributed by atoms with Crippen LogP contribution >= 0.6 is 23.2 Å². The lowest BCUT2D eigenvalue weighted by Gasteiger charge is -2.60. The summed E-state index contributed by atoms with van der Waals surface area (Å²) in [6, 6.07) is 6.97. The van der Waals surface area contributed by atoms with E-state index in [0.717, 1.165) is 48.9 Å². The molecule has 6 rings (SSSR count). The van der Waals surface area contributed by atoms with Crippen LogP contribution in [0.5, 0.6) is 17.2 Å². The maximum atomic E-state index is 14.0. The van der Waals surface area contributed by atoms with E-state index in [1.165, 1.54) is 13.0 Å². The van der Waals surface area contributed by atoms with Gasteiger partial charge < -0.3 is 24.4 Å². The topological polar surface area (TPSA) is 79.3 Å². The molecule has 1 saturated heterocycles. The second-order valence-corrected chi connectivity index (χ2v) is 13.2. The van der Waals surface area contributed by atoms with Crippen LogP contribution in [0.4, 0.5) is 0 Å². The number of hydrogen-bond donors (Lipinski definition) is 1. The second-order valence-electron chi connectivity index (χ2n) is 12.4. The second kappa shape index (κ2) is 10.1. The Hall–Kier alpha value is -2.48. The van der Waals surface area contributed by atoms with Crippen LogP contribution in [0.2, 0.25) is 10.0 Å². The number of carbonyl (C=O) groups excluding carboxylic acids is 2. The Bertz CT molecular complexity index is 1380. The van der Waals surface area contributed by atoms with Crippen molar-refractivity contribution < 1.29 is 24.2 Å². The van der Waals surface area contributed by atoms with Crippen molar-refractivity contribution in [2.45, 2.75) is 76.5 Å². The molecule has 40 heavy (non-hydrogen) atoms. The largest absolute Gasteiger partial charge is 0.508 e. The minimum Gasteiger partial charge on any atom is -0.508 e. The van der Waals surface area contributed by atoms with E-state index in [4.69, 9.17) is 32.7 Å². The number of phenolic OH excluding ortho intramolecular Hbond substituents is 1. The number of rotatable bonds is 6. The molecule has 1 spiro atoms. The summed E-state index contributed by atoms with van der Waals surface area (Å²) < 4.78 is 12.5. The Kier molecular flexibility index (Phi) is 6.99. The van der Waals surface area contributed by atoms with E-state index in [9.17, 15) is 14.7 Å². The summed E-state index contributed by atoms with van der Waals surface area (Å²) in [6.07, 6.45) is 3.26. The third-order valence-electron chi connectivity index (χ3n) is 9.53. The molecule has 2 aromatic rings. The average molecular weight is 588 g/mol. The first-order valence-corrected chi connectivity index (χ1v) is 14.9. The van der Waals surface area contributed by atoms with Gasteiger partial charge in [-0.1, -0.05) is 43.1 Å². The molecule has 0 radical (unpaired) electrons. The van der Waals surface area contributed by atoms with E-state index >= 15 is 0 Å². The number of hydrogen-bond acceptors (Lipinski definition) is 6. The molecule has 1 saturated carbocycles. The van der Waals surface area contributed by atoms with Gasteiger partial charge in [-0.25, -0.2) is 0 Å². The Morgan fingerprint density at radius 2 is 2.00 bits per heavy atom. The van der Waals surface area contributed by atoms with Gasteiger partial charge in [0.05, 0.1) is 22.5 Å². The third kappa shape index (κ3) is 4.27. The Morgan fingerprint density at radius 3 is 2.70 bits per heavy atom. The summed E-state index contributed by atoms with van der Waals surface area (Å²) in [6.45, 7) is 7.09. The summed E-state index contributed by atoms with van der Waals surface area (Å²) in [7, 11) is 2.16. The maximum absolute atomic E-state index is 14.0. The molecule has 214 valence electrons. The van der Waals surface area contributed by atoms with E-state index in [1.807, 2.05) is 11.0 Å². The number of phenols is 1. The maximum Gasteiger partial charge on any atom is 0.308 e. The van der Waals surface area contributed by atoms with Gasteiger partial charge in [0.15, 0.2) is 11.5 Å². The highest BCUT2D eigenvalue weighted by Crippen LogP contribution is 2.65. The molecule has 2 aromatic carbocycles. The van der Waals surface area contributed by atoms with Crippen molar-refractivity contribution in [3.63, 3.8) is 0 Å². The predicted molar refractivity (Wildman–Crippen MR) is 153 cm³/mol. The number of benzene rings is 2. The van der Waals surface area contributed by atoms with Crippen LogP contribution in [-0.2, 0) is 27.8 Å². The lowest BCUT2D eigenvalue weighted by molar-refractivity contribution is -0.142. The van der Waals surface area contributed by atoms with Crippen molar-refractivity contribution in [1.82, 2.24) is 9.80 Å². The number of likely N-dealkylation sites (N-methyl/N-ethyl adjacent to an activating group) is 1. The summed E-state index contributed by atoms with van der Waals surface area (Å²) in [5.41, 5.74) is 2.33. The molecule has 1 amide bonds. The van der Waals surface area contributed by atoms with E-state index < -0.39 is 5.97 Å². The highest BCUT2D eigenvalue weighted by Gasteiger charge is 2.67.